The van der Waals surface area contributed by atoms with Crippen molar-refractivity contribution in [3.8, 4) is 0 Å². The van der Waals surface area contributed by atoms with Crippen molar-refractivity contribution in [2.75, 3.05) is 5.75 Å². The van der Waals surface area contributed by atoms with E-state index in [9.17, 15) is 0 Å². The average molecular weight is 270 g/mol. The molecule has 5 heteroatoms. The first-order chi connectivity index (χ1) is 6.81. The Bertz CT molecular complexity index is 204. The van der Waals surface area contributed by atoms with Crippen LogP contribution in [-0.4, -0.2) is 15.5 Å². The molecule has 0 heterocycles. The molecule has 1 atom stereocenters. The summed E-state index contributed by atoms with van der Waals surface area (Å²) in [6, 6.07) is 0. The first-order valence-electron chi connectivity index (χ1n) is 5.51. The van der Waals surface area contributed by atoms with E-state index in [0.29, 0.717) is 5.92 Å². The normalized spacial score (nSPS) is 14.5. The Balaban J connectivity index is 3.41. The first kappa shape index (κ1) is 15.9. The Hall–Kier alpha value is 0.920. The van der Waals surface area contributed by atoms with Crippen molar-refractivity contribution in [3.63, 3.8) is 0 Å². The topological polar surface area (TPSA) is 40.5 Å². The van der Waals surface area contributed by atoms with E-state index in [1.165, 1.54) is 19.3 Å². The molecular weight excluding hydrogens is 247 g/mol. The number of hydrogen-bond acceptors (Lipinski definition) is 2. The first-order valence-corrected chi connectivity index (χ1v) is 9.81. The van der Waals surface area contributed by atoms with E-state index < -0.39 is 5.69 Å². The summed E-state index contributed by atoms with van der Waals surface area (Å²) < 4.78 is 0. The SMILES string of the molecule is CC(C)CCCC(C)CCSP(O)(O)=S. The highest BCUT2D eigenvalue weighted by molar-refractivity contribution is 8.67. The van der Waals surface area contributed by atoms with Crippen molar-refractivity contribution < 1.29 is 9.79 Å². The van der Waals surface area contributed by atoms with Gasteiger partial charge in [0.05, 0.1) is 0 Å². The quantitative estimate of drug-likeness (QED) is 0.659. The average Bonchev–Trinajstić information content (AvgIpc) is 2.00. The minimum Gasteiger partial charge on any atom is -0.338 e. The summed E-state index contributed by atoms with van der Waals surface area (Å²) in [4.78, 5) is 18.0. The van der Waals surface area contributed by atoms with Crippen molar-refractivity contribution in [2.45, 2.75) is 46.5 Å². The molecule has 0 amide bonds. The summed E-state index contributed by atoms with van der Waals surface area (Å²) in [5.41, 5.74) is -3.01. The minimum atomic E-state index is -3.01. The van der Waals surface area contributed by atoms with Gasteiger partial charge in [0.2, 0.25) is 5.69 Å². The second kappa shape index (κ2) is 8.08. The van der Waals surface area contributed by atoms with Crippen LogP contribution in [0, 0.1) is 11.8 Å². The highest BCUT2D eigenvalue weighted by atomic mass is 32.9. The zero-order chi connectivity index (χ0) is 11.9. The molecule has 0 saturated carbocycles. The molecule has 2 N–H and O–H groups in total. The van der Waals surface area contributed by atoms with Crippen LogP contribution >= 0.6 is 17.1 Å². The van der Waals surface area contributed by atoms with Gasteiger partial charge in [-0.25, -0.2) is 0 Å². The molecular formula is C10H23O2PS2. The van der Waals surface area contributed by atoms with Crippen LogP contribution in [0.2, 0.25) is 0 Å². The van der Waals surface area contributed by atoms with Crippen LogP contribution < -0.4 is 0 Å². The van der Waals surface area contributed by atoms with E-state index in [-0.39, 0.29) is 0 Å². The Morgan fingerprint density at radius 2 is 1.73 bits per heavy atom. The molecule has 1 unspecified atom stereocenters. The highest BCUT2D eigenvalue weighted by Gasteiger charge is 2.09. The molecule has 0 aromatic heterocycles. The van der Waals surface area contributed by atoms with Gasteiger partial charge in [-0.3, -0.25) is 0 Å². The van der Waals surface area contributed by atoms with E-state index >= 15 is 0 Å². The van der Waals surface area contributed by atoms with Gasteiger partial charge in [-0.15, -0.1) is 0 Å². The van der Waals surface area contributed by atoms with E-state index in [0.717, 1.165) is 29.5 Å². The van der Waals surface area contributed by atoms with Crippen molar-refractivity contribution in [3.05, 3.63) is 0 Å². The van der Waals surface area contributed by atoms with Gasteiger partial charge in [0.1, 0.15) is 0 Å². The summed E-state index contributed by atoms with van der Waals surface area (Å²) >= 11 is 5.68. The van der Waals surface area contributed by atoms with Gasteiger partial charge in [-0.2, -0.15) is 0 Å². The zero-order valence-electron chi connectivity index (χ0n) is 9.85. The fraction of sp³-hybridized carbons (Fsp3) is 1.00. The maximum absolute atomic E-state index is 9.02. The van der Waals surface area contributed by atoms with Crippen molar-refractivity contribution in [1.29, 1.82) is 0 Å². The highest BCUT2D eigenvalue weighted by Crippen LogP contribution is 2.51. The van der Waals surface area contributed by atoms with Gasteiger partial charge < -0.3 is 9.79 Å². The van der Waals surface area contributed by atoms with E-state index in [2.05, 4.69) is 32.6 Å². The third-order valence-electron chi connectivity index (χ3n) is 2.35. The Morgan fingerprint density at radius 3 is 2.20 bits per heavy atom. The summed E-state index contributed by atoms with van der Waals surface area (Å²) in [7, 11) is 0. The van der Waals surface area contributed by atoms with Gasteiger partial charge in [0.25, 0.3) is 0 Å². The van der Waals surface area contributed by atoms with Crippen molar-refractivity contribution in [1.82, 2.24) is 0 Å². The fourth-order valence-electron chi connectivity index (χ4n) is 1.39. The maximum atomic E-state index is 9.02. The second-order valence-corrected chi connectivity index (χ2v) is 10.7. The maximum Gasteiger partial charge on any atom is 0.242 e. The van der Waals surface area contributed by atoms with Gasteiger partial charge >= 0.3 is 0 Å². The van der Waals surface area contributed by atoms with Crippen molar-refractivity contribution in [2.24, 2.45) is 11.8 Å². The molecule has 0 aliphatic rings. The van der Waals surface area contributed by atoms with Gasteiger partial charge in [-0.05, 0) is 30.1 Å². The van der Waals surface area contributed by atoms with Gasteiger partial charge in [0, 0.05) is 5.75 Å². The minimum absolute atomic E-state index is 0.665. The molecule has 92 valence electrons. The fourth-order valence-corrected chi connectivity index (χ4v) is 3.84. The monoisotopic (exact) mass is 270 g/mol. The zero-order valence-corrected chi connectivity index (χ0v) is 12.4. The largest absolute Gasteiger partial charge is 0.338 e. The van der Waals surface area contributed by atoms with Crippen molar-refractivity contribution >= 4 is 28.9 Å². The lowest BCUT2D eigenvalue weighted by Gasteiger charge is -2.12. The molecule has 0 aromatic rings. The smallest absolute Gasteiger partial charge is 0.242 e. The third-order valence-corrected chi connectivity index (χ3v) is 5.61. The van der Waals surface area contributed by atoms with Gasteiger partial charge in [0.15, 0.2) is 0 Å². The third kappa shape index (κ3) is 12.9. The van der Waals surface area contributed by atoms with Crippen LogP contribution in [0.3, 0.4) is 0 Å². The predicted molar refractivity (Wildman–Crippen MR) is 73.7 cm³/mol. The van der Waals surface area contributed by atoms with Gasteiger partial charge in [-0.1, -0.05) is 51.4 Å². The molecule has 0 aliphatic carbocycles. The lowest BCUT2D eigenvalue weighted by atomic mass is 9.98. The molecule has 0 rings (SSSR count). The molecule has 0 spiro atoms. The molecule has 2 nitrogen and oxygen atoms in total. The van der Waals surface area contributed by atoms with Crippen LogP contribution in [0.25, 0.3) is 0 Å². The lowest BCUT2D eigenvalue weighted by Crippen LogP contribution is -1.98. The second-order valence-electron chi connectivity index (χ2n) is 4.54. The van der Waals surface area contributed by atoms with Crippen LogP contribution in [-0.2, 0) is 11.8 Å². The van der Waals surface area contributed by atoms with Crippen LogP contribution in [0.5, 0.6) is 0 Å². The van der Waals surface area contributed by atoms with E-state index in [1.54, 1.807) is 0 Å². The number of hydrogen-bond donors (Lipinski definition) is 2. The Labute approximate surface area is 103 Å². The number of rotatable bonds is 8. The Kier molecular flexibility index (Phi) is 8.57. The molecule has 0 radical (unpaired) electrons. The van der Waals surface area contributed by atoms with Crippen LogP contribution in [0.15, 0.2) is 0 Å². The summed E-state index contributed by atoms with van der Waals surface area (Å²) in [5.74, 6) is 2.22. The molecule has 0 aromatic carbocycles. The summed E-state index contributed by atoms with van der Waals surface area (Å²) in [5, 5.41) is 0. The van der Waals surface area contributed by atoms with E-state index in [4.69, 9.17) is 9.79 Å². The molecule has 0 bridgehead atoms. The summed E-state index contributed by atoms with van der Waals surface area (Å²) in [6.45, 7) is 6.71. The van der Waals surface area contributed by atoms with Crippen LogP contribution in [0.4, 0.5) is 0 Å². The summed E-state index contributed by atoms with van der Waals surface area (Å²) in [6.07, 6.45) is 4.83. The lowest BCUT2D eigenvalue weighted by molar-refractivity contribution is 0.451. The molecule has 0 aliphatic heterocycles. The van der Waals surface area contributed by atoms with Crippen LogP contribution in [0.1, 0.15) is 46.5 Å². The predicted octanol–water partition coefficient (Wildman–Crippen LogP) is 3.78. The van der Waals surface area contributed by atoms with E-state index in [1.807, 2.05) is 0 Å². The molecule has 0 saturated heterocycles. The molecule has 0 fully saturated rings. The molecule has 15 heavy (non-hydrogen) atoms. The Morgan fingerprint density at radius 1 is 1.13 bits per heavy atom. The standard InChI is InChI=1S/C10H23O2PS2/c1-9(2)5-4-6-10(3)7-8-15-13(11,12)14/h9-10H,4-8H2,1-3H3,(H2,11,12,14).